The molecule has 0 amide bonds. The molecule has 2 heterocycles. The normalized spacial score (nSPS) is 36.6. The summed E-state index contributed by atoms with van der Waals surface area (Å²) in [6.45, 7) is 5.74. The fourth-order valence-corrected chi connectivity index (χ4v) is 4.67. The Kier molecular flexibility index (Phi) is 2.64. The molecule has 1 aliphatic heterocycles. The summed E-state index contributed by atoms with van der Waals surface area (Å²) in [6.07, 6.45) is 6.99. The summed E-state index contributed by atoms with van der Waals surface area (Å²) < 4.78 is 2.29. The topological polar surface area (TPSA) is 29.9 Å². The van der Waals surface area contributed by atoms with Crippen molar-refractivity contribution in [1.29, 1.82) is 0 Å². The molecule has 4 rings (SSSR count). The Bertz CT molecular complexity index is 476. The molecule has 3 heteroatoms. The smallest absolute Gasteiger partial charge is 0.124 e. The van der Waals surface area contributed by atoms with Crippen LogP contribution in [0.2, 0.25) is 0 Å². The highest BCUT2D eigenvalue weighted by Crippen LogP contribution is 2.53. The summed E-state index contributed by atoms with van der Waals surface area (Å²) >= 11 is 0. The standard InChI is InChI=1S/C16H25N3/c1-10(2)15-5-6-17-16-9-14(18-19(15)16)13-8-11-3-4-12(13)7-11/h9-13,15,17H,3-8H2,1-2H3. The van der Waals surface area contributed by atoms with Crippen molar-refractivity contribution in [3.8, 4) is 0 Å². The van der Waals surface area contributed by atoms with Gasteiger partial charge in [-0.2, -0.15) is 5.10 Å². The van der Waals surface area contributed by atoms with Crippen molar-refractivity contribution in [2.75, 3.05) is 11.9 Å². The molecule has 19 heavy (non-hydrogen) atoms. The van der Waals surface area contributed by atoms with E-state index in [1.165, 1.54) is 43.6 Å². The Balaban J connectivity index is 1.65. The van der Waals surface area contributed by atoms with Crippen molar-refractivity contribution in [3.63, 3.8) is 0 Å². The molecule has 1 aromatic heterocycles. The third kappa shape index (κ3) is 1.81. The third-order valence-electron chi connectivity index (χ3n) is 5.70. The average molecular weight is 259 g/mol. The van der Waals surface area contributed by atoms with Gasteiger partial charge in [0, 0.05) is 18.5 Å². The zero-order valence-corrected chi connectivity index (χ0v) is 12.1. The summed E-state index contributed by atoms with van der Waals surface area (Å²) in [6, 6.07) is 2.93. The Morgan fingerprint density at radius 1 is 1.26 bits per heavy atom. The SMILES string of the molecule is CC(C)C1CCNc2cc(C3CC4CCC3C4)nn21. The largest absolute Gasteiger partial charge is 0.370 e. The van der Waals surface area contributed by atoms with Crippen LogP contribution < -0.4 is 5.32 Å². The molecule has 1 N–H and O–H groups in total. The van der Waals surface area contributed by atoms with Gasteiger partial charge in [0.25, 0.3) is 0 Å². The van der Waals surface area contributed by atoms with Gasteiger partial charge in [0.1, 0.15) is 5.82 Å². The van der Waals surface area contributed by atoms with Gasteiger partial charge in [-0.15, -0.1) is 0 Å². The van der Waals surface area contributed by atoms with E-state index in [0.29, 0.717) is 12.0 Å². The summed E-state index contributed by atoms with van der Waals surface area (Å²) in [4.78, 5) is 0. The number of aromatic nitrogens is 2. The van der Waals surface area contributed by atoms with Crippen molar-refractivity contribution in [1.82, 2.24) is 9.78 Å². The van der Waals surface area contributed by atoms with E-state index in [1.54, 1.807) is 0 Å². The average Bonchev–Trinajstić information content (AvgIpc) is 3.11. The predicted octanol–water partition coefficient (Wildman–Crippen LogP) is 3.80. The predicted molar refractivity (Wildman–Crippen MR) is 77.4 cm³/mol. The van der Waals surface area contributed by atoms with E-state index in [2.05, 4.69) is 29.9 Å². The molecule has 2 bridgehead atoms. The number of nitrogens with zero attached hydrogens (tertiary/aromatic N) is 2. The monoisotopic (exact) mass is 259 g/mol. The number of hydrogen-bond donors (Lipinski definition) is 1. The van der Waals surface area contributed by atoms with E-state index >= 15 is 0 Å². The summed E-state index contributed by atoms with van der Waals surface area (Å²) in [5.74, 6) is 4.63. The lowest BCUT2D eigenvalue weighted by Gasteiger charge is -2.28. The fraction of sp³-hybridized carbons (Fsp3) is 0.812. The maximum atomic E-state index is 5.01. The minimum atomic E-state index is 0.587. The number of anilines is 1. The molecule has 2 saturated carbocycles. The summed E-state index contributed by atoms with van der Waals surface area (Å²) in [5, 5.41) is 8.54. The van der Waals surface area contributed by atoms with Crippen LogP contribution >= 0.6 is 0 Å². The van der Waals surface area contributed by atoms with Gasteiger partial charge in [-0.05, 0) is 43.4 Å². The van der Waals surface area contributed by atoms with Crippen molar-refractivity contribution < 1.29 is 0 Å². The lowest BCUT2D eigenvalue weighted by atomic mass is 9.86. The van der Waals surface area contributed by atoms with Crippen LogP contribution in [0.25, 0.3) is 0 Å². The van der Waals surface area contributed by atoms with E-state index < -0.39 is 0 Å². The Labute approximate surface area is 115 Å². The Morgan fingerprint density at radius 2 is 2.16 bits per heavy atom. The van der Waals surface area contributed by atoms with Crippen LogP contribution in [0.3, 0.4) is 0 Å². The van der Waals surface area contributed by atoms with E-state index in [-0.39, 0.29) is 0 Å². The van der Waals surface area contributed by atoms with Crippen molar-refractivity contribution in [3.05, 3.63) is 11.8 Å². The Morgan fingerprint density at radius 3 is 2.84 bits per heavy atom. The van der Waals surface area contributed by atoms with E-state index in [4.69, 9.17) is 5.10 Å². The molecule has 0 spiro atoms. The number of hydrogen-bond acceptors (Lipinski definition) is 2. The van der Waals surface area contributed by atoms with Crippen LogP contribution in [0, 0.1) is 17.8 Å². The molecule has 2 aliphatic carbocycles. The van der Waals surface area contributed by atoms with E-state index in [0.717, 1.165) is 24.3 Å². The van der Waals surface area contributed by atoms with Gasteiger partial charge in [0.05, 0.1) is 11.7 Å². The lowest BCUT2D eigenvalue weighted by molar-refractivity contribution is 0.317. The first-order valence-electron chi connectivity index (χ1n) is 8.05. The van der Waals surface area contributed by atoms with Crippen LogP contribution in [0.4, 0.5) is 5.82 Å². The molecule has 0 saturated heterocycles. The van der Waals surface area contributed by atoms with Gasteiger partial charge in [0.15, 0.2) is 0 Å². The second-order valence-electron chi connectivity index (χ2n) is 7.21. The minimum Gasteiger partial charge on any atom is -0.370 e. The number of rotatable bonds is 2. The van der Waals surface area contributed by atoms with Crippen LogP contribution in [0.1, 0.15) is 63.6 Å². The number of nitrogens with one attached hydrogen (secondary N) is 1. The van der Waals surface area contributed by atoms with Gasteiger partial charge < -0.3 is 5.32 Å². The number of fused-ring (bicyclic) bond motifs is 3. The first-order chi connectivity index (χ1) is 9.22. The zero-order chi connectivity index (χ0) is 13.0. The molecule has 4 unspecified atom stereocenters. The van der Waals surface area contributed by atoms with Gasteiger partial charge >= 0.3 is 0 Å². The van der Waals surface area contributed by atoms with Gasteiger partial charge in [-0.1, -0.05) is 20.3 Å². The first-order valence-corrected chi connectivity index (χ1v) is 8.05. The Hall–Kier alpha value is -0.990. The molecule has 0 aromatic carbocycles. The van der Waals surface area contributed by atoms with Gasteiger partial charge in [-0.25, -0.2) is 4.68 Å². The molecule has 3 nitrogen and oxygen atoms in total. The maximum absolute atomic E-state index is 5.01. The molecule has 1 aromatic rings. The highest BCUT2D eigenvalue weighted by atomic mass is 15.4. The lowest BCUT2D eigenvalue weighted by Crippen LogP contribution is -2.26. The van der Waals surface area contributed by atoms with E-state index in [1.807, 2.05) is 0 Å². The second-order valence-corrected chi connectivity index (χ2v) is 7.21. The van der Waals surface area contributed by atoms with Crippen LogP contribution in [0.5, 0.6) is 0 Å². The first kappa shape index (κ1) is 11.8. The minimum absolute atomic E-state index is 0.587. The molecule has 0 radical (unpaired) electrons. The molecular formula is C16H25N3. The summed E-state index contributed by atoms with van der Waals surface area (Å²) in [5.41, 5.74) is 1.38. The van der Waals surface area contributed by atoms with Crippen molar-refractivity contribution in [2.24, 2.45) is 17.8 Å². The highest BCUT2D eigenvalue weighted by Gasteiger charge is 2.41. The van der Waals surface area contributed by atoms with E-state index in [9.17, 15) is 0 Å². The molecule has 2 fully saturated rings. The second kappa shape index (κ2) is 4.26. The van der Waals surface area contributed by atoms with Crippen LogP contribution in [0.15, 0.2) is 6.07 Å². The van der Waals surface area contributed by atoms with Crippen LogP contribution in [-0.2, 0) is 0 Å². The van der Waals surface area contributed by atoms with Crippen molar-refractivity contribution >= 4 is 5.82 Å². The molecule has 104 valence electrons. The van der Waals surface area contributed by atoms with Crippen molar-refractivity contribution in [2.45, 2.75) is 57.9 Å². The van der Waals surface area contributed by atoms with Gasteiger partial charge in [0.2, 0.25) is 0 Å². The third-order valence-corrected chi connectivity index (χ3v) is 5.70. The van der Waals surface area contributed by atoms with Gasteiger partial charge in [-0.3, -0.25) is 0 Å². The zero-order valence-electron chi connectivity index (χ0n) is 12.1. The van der Waals surface area contributed by atoms with Crippen LogP contribution in [-0.4, -0.2) is 16.3 Å². The highest BCUT2D eigenvalue weighted by molar-refractivity contribution is 5.41. The maximum Gasteiger partial charge on any atom is 0.124 e. The molecule has 3 aliphatic rings. The molecule has 4 atom stereocenters. The summed E-state index contributed by atoms with van der Waals surface area (Å²) in [7, 11) is 0. The molecular weight excluding hydrogens is 234 g/mol. The fourth-order valence-electron chi connectivity index (χ4n) is 4.67. The quantitative estimate of drug-likeness (QED) is 0.875.